The van der Waals surface area contributed by atoms with Crippen LogP contribution in [0.5, 0.6) is 0 Å². The van der Waals surface area contributed by atoms with Gasteiger partial charge in [0.2, 0.25) is 5.91 Å². The number of carbonyl (C=O) groups excluding carboxylic acids is 1. The normalized spacial score (nSPS) is 10.2. The average molecular weight is 292 g/mol. The molecule has 88 valence electrons. The molecular formula is C11H12BrF2NO. The molecule has 0 unspecified atom stereocenters. The van der Waals surface area contributed by atoms with Crippen molar-refractivity contribution < 1.29 is 13.6 Å². The Morgan fingerprint density at radius 1 is 1.38 bits per heavy atom. The van der Waals surface area contributed by atoms with Crippen molar-refractivity contribution in [3.05, 3.63) is 40.9 Å². The van der Waals surface area contributed by atoms with Crippen molar-refractivity contribution in [1.82, 2.24) is 0 Å². The first kappa shape index (κ1) is 14.8. The molecule has 1 amide bonds. The van der Waals surface area contributed by atoms with Gasteiger partial charge in [-0.3, -0.25) is 4.79 Å². The highest BCUT2D eigenvalue weighted by atomic mass is 79.9. The lowest BCUT2D eigenvalue weighted by Crippen LogP contribution is -2.05. The minimum absolute atomic E-state index is 0.0335. The van der Waals surface area contributed by atoms with Crippen molar-refractivity contribution in [1.29, 1.82) is 0 Å². The Morgan fingerprint density at radius 2 is 1.81 bits per heavy atom. The Bertz CT molecular complexity index is 359. The van der Waals surface area contributed by atoms with Crippen LogP contribution >= 0.6 is 15.9 Å². The summed E-state index contributed by atoms with van der Waals surface area (Å²) in [5.74, 6) is -0.0335. The summed E-state index contributed by atoms with van der Waals surface area (Å²) in [6.45, 7) is 3.51. The molecule has 0 radical (unpaired) electrons. The molecule has 1 N–H and O–H groups in total. The third-order valence-corrected chi connectivity index (χ3v) is 1.63. The predicted octanol–water partition coefficient (Wildman–Crippen LogP) is 4.07. The third kappa shape index (κ3) is 8.11. The number of anilines is 1. The maximum absolute atomic E-state index is 10.8. The van der Waals surface area contributed by atoms with Crippen LogP contribution in [0.3, 0.4) is 0 Å². The van der Waals surface area contributed by atoms with Gasteiger partial charge in [0.05, 0.1) is 0 Å². The maximum atomic E-state index is 10.8. The van der Waals surface area contributed by atoms with Crippen LogP contribution in [0.2, 0.25) is 0 Å². The van der Waals surface area contributed by atoms with Gasteiger partial charge >= 0.3 is 0 Å². The molecule has 0 atom stereocenters. The van der Waals surface area contributed by atoms with E-state index in [1.165, 1.54) is 12.5 Å². The van der Waals surface area contributed by atoms with E-state index >= 15 is 0 Å². The van der Waals surface area contributed by atoms with E-state index in [9.17, 15) is 13.6 Å². The van der Waals surface area contributed by atoms with Crippen LogP contribution in [-0.4, -0.2) is 5.91 Å². The second-order valence-electron chi connectivity index (χ2n) is 2.95. The molecule has 0 aliphatic heterocycles. The number of amides is 1. The fourth-order valence-electron chi connectivity index (χ4n) is 0.840. The summed E-state index contributed by atoms with van der Waals surface area (Å²) in [7, 11) is 0. The SMILES string of the molecule is CC(=O)Nc1ccc(C)cc1.FC=C(F)Br. The second-order valence-corrected chi connectivity index (χ2v) is 3.70. The number of rotatable bonds is 1. The minimum Gasteiger partial charge on any atom is -0.326 e. The average Bonchev–Trinajstić information content (AvgIpc) is 2.22. The number of nitrogens with one attached hydrogen (secondary N) is 1. The fraction of sp³-hybridized carbons (Fsp3) is 0.182. The number of carbonyl (C=O) groups is 1. The molecule has 1 aromatic carbocycles. The molecule has 2 nitrogen and oxygen atoms in total. The largest absolute Gasteiger partial charge is 0.326 e. The van der Waals surface area contributed by atoms with Crippen molar-refractivity contribution in [2.24, 2.45) is 0 Å². The number of hydrogen-bond acceptors (Lipinski definition) is 1. The molecule has 1 aromatic rings. The molecule has 0 saturated heterocycles. The zero-order valence-corrected chi connectivity index (χ0v) is 10.5. The van der Waals surface area contributed by atoms with Gasteiger partial charge in [-0.25, -0.2) is 4.39 Å². The lowest BCUT2D eigenvalue weighted by atomic mass is 10.2. The Kier molecular flexibility index (Phi) is 7.37. The molecule has 0 aliphatic carbocycles. The van der Waals surface area contributed by atoms with Gasteiger partial charge in [0.25, 0.3) is 0 Å². The van der Waals surface area contributed by atoms with Gasteiger partial charge in [0.15, 0.2) is 4.74 Å². The first-order valence-electron chi connectivity index (χ1n) is 4.41. The maximum Gasteiger partial charge on any atom is 0.221 e. The third-order valence-electron chi connectivity index (χ3n) is 1.45. The van der Waals surface area contributed by atoms with Gasteiger partial charge in [0, 0.05) is 12.6 Å². The zero-order valence-electron chi connectivity index (χ0n) is 8.93. The first-order valence-corrected chi connectivity index (χ1v) is 5.20. The highest BCUT2D eigenvalue weighted by molar-refractivity contribution is 9.11. The van der Waals surface area contributed by atoms with E-state index in [0.29, 0.717) is 0 Å². The lowest BCUT2D eigenvalue weighted by molar-refractivity contribution is -0.114. The van der Waals surface area contributed by atoms with E-state index in [1.807, 2.05) is 31.2 Å². The summed E-state index contributed by atoms with van der Waals surface area (Å²) in [4.78, 5) is 10.6. The second kappa shape index (κ2) is 7.98. The Labute approximate surface area is 101 Å². The fourth-order valence-corrected chi connectivity index (χ4v) is 0.840. The topological polar surface area (TPSA) is 29.1 Å². The smallest absolute Gasteiger partial charge is 0.221 e. The number of aryl methyl sites for hydroxylation is 1. The number of hydrogen-bond donors (Lipinski definition) is 1. The van der Waals surface area contributed by atoms with Crippen molar-refractivity contribution in [3.8, 4) is 0 Å². The van der Waals surface area contributed by atoms with Crippen molar-refractivity contribution >= 4 is 27.5 Å². The van der Waals surface area contributed by atoms with Gasteiger partial charge in [-0.15, -0.1) is 0 Å². The lowest BCUT2D eigenvalue weighted by Gasteiger charge is -2.00. The molecule has 0 saturated carbocycles. The van der Waals surface area contributed by atoms with Crippen LogP contribution in [0, 0.1) is 6.92 Å². The van der Waals surface area contributed by atoms with Crippen LogP contribution < -0.4 is 5.32 Å². The number of benzene rings is 1. The van der Waals surface area contributed by atoms with Gasteiger partial charge in [-0.2, -0.15) is 4.39 Å². The summed E-state index contributed by atoms with van der Waals surface area (Å²) < 4.78 is 20.4. The zero-order chi connectivity index (χ0) is 12.6. The van der Waals surface area contributed by atoms with Crippen LogP contribution in [-0.2, 0) is 4.79 Å². The van der Waals surface area contributed by atoms with E-state index in [2.05, 4.69) is 21.2 Å². The highest BCUT2D eigenvalue weighted by Gasteiger charge is 1.92. The molecule has 0 fully saturated rings. The summed E-state index contributed by atoms with van der Waals surface area (Å²) in [5, 5.41) is 2.69. The molecule has 0 bridgehead atoms. The summed E-state index contributed by atoms with van der Waals surface area (Å²) in [5.41, 5.74) is 2.04. The summed E-state index contributed by atoms with van der Waals surface area (Å²) in [6.07, 6.45) is -0.167. The van der Waals surface area contributed by atoms with Crippen LogP contribution in [0.25, 0.3) is 0 Å². The van der Waals surface area contributed by atoms with Crippen LogP contribution in [0.4, 0.5) is 14.5 Å². The molecular weight excluding hydrogens is 280 g/mol. The van der Waals surface area contributed by atoms with E-state index in [4.69, 9.17) is 0 Å². The molecule has 0 heterocycles. The van der Waals surface area contributed by atoms with Gasteiger partial charge in [-0.1, -0.05) is 17.7 Å². The van der Waals surface area contributed by atoms with E-state index in [-0.39, 0.29) is 12.2 Å². The molecule has 0 aromatic heterocycles. The van der Waals surface area contributed by atoms with E-state index in [1.54, 1.807) is 0 Å². The Morgan fingerprint density at radius 3 is 2.12 bits per heavy atom. The minimum atomic E-state index is -0.975. The van der Waals surface area contributed by atoms with E-state index < -0.39 is 4.74 Å². The molecule has 0 spiro atoms. The van der Waals surface area contributed by atoms with E-state index in [0.717, 1.165) is 5.69 Å². The first-order chi connectivity index (χ1) is 7.45. The molecule has 16 heavy (non-hydrogen) atoms. The van der Waals surface area contributed by atoms with Gasteiger partial charge in [-0.05, 0) is 35.0 Å². The molecule has 1 rings (SSSR count). The van der Waals surface area contributed by atoms with Crippen molar-refractivity contribution in [3.63, 3.8) is 0 Å². The monoisotopic (exact) mass is 291 g/mol. The van der Waals surface area contributed by atoms with Crippen LogP contribution in [0.1, 0.15) is 12.5 Å². The van der Waals surface area contributed by atoms with Crippen molar-refractivity contribution in [2.75, 3.05) is 5.32 Å². The van der Waals surface area contributed by atoms with Crippen molar-refractivity contribution in [2.45, 2.75) is 13.8 Å². The standard InChI is InChI=1S/C9H11NO.C2HBrF2/c1-7-3-5-9(6-4-7)10-8(2)11;3-2(5)1-4/h3-6H,1-2H3,(H,10,11);1H. The van der Waals surface area contributed by atoms with Gasteiger partial charge in [0.1, 0.15) is 6.33 Å². The Hall–Kier alpha value is -1.23. The quantitative estimate of drug-likeness (QED) is 0.830. The van der Waals surface area contributed by atoms with Crippen LogP contribution in [0.15, 0.2) is 35.3 Å². The highest BCUT2D eigenvalue weighted by Crippen LogP contribution is 2.07. The molecule has 5 heteroatoms. The molecule has 0 aliphatic rings. The van der Waals surface area contributed by atoms with Gasteiger partial charge < -0.3 is 5.32 Å². The summed E-state index contributed by atoms with van der Waals surface area (Å²) >= 11 is 2.19. The predicted molar refractivity (Wildman–Crippen MR) is 64.7 cm³/mol. The number of halogens is 3. The summed E-state index contributed by atoms with van der Waals surface area (Å²) in [6, 6.07) is 7.70. The Balaban J connectivity index is 0.000000385.